The third-order valence-corrected chi connectivity index (χ3v) is 3.07. The Hall–Kier alpha value is -1.12. The van der Waals surface area contributed by atoms with Crippen LogP contribution in [0, 0.1) is 5.92 Å². The van der Waals surface area contributed by atoms with Crippen molar-refractivity contribution in [2.24, 2.45) is 5.92 Å². The summed E-state index contributed by atoms with van der Waals surface area (Å²) >= 11 is 0. The van der Waals surface area contributed by atoms with Gasteiger partial charge in [0.2, 0.25) is 0 Å². The maximum Gasteiger partial charge on any atom is 0.256 e. The number of fused-ring (bicyclic) bond motifs is 1. The number of alkyl halides is 2. The molecule has 0 unspecified atom stereocenters. The van der Waals surface area contributed by atoms with Crippen molar-refractivity contribution in [3.05, 3.63) is 29.3 Å². The SMILES string of the molecule is CC(C)CCOc1cccc2c1CC(F)(F)C2. The van der Waals surface area contributed by atoms with Crippen LogP contribution in [0.5, 0.6) is 5.75 Å². The van der Waals surface area contributed by atoms with Gasteiger partial charge in [-0.1, -0.05) is 26.0 Å². The van der Waals surface area contributed by atoms with E-state index in [4.69, 9.17) is 4.74 Å². The molecule has 0 spiro atoms. The zero-order valence-corrected chi connectivity index (χ0v) is 10.3. The molecule has 1 aromatic rings. The fourth-order valence-corrected chi connectivity index (χ4v) is 2.12. The summed E-state index contributed by atoms with van der Waals surface area (Å²) in [6.07, 6.45) is 0.615. The molecule has 1 aromatic carbocycles. The molecule has 0 saturated carbocycles. The number of rotatable bonds is 4. The maximum absolute atomic E-state index is 13.3. The van der Waals surface area contributed by atoms with Crippen LogP contribution in [0.2, 0.25) is 0 Å². The Kier molecular flexibility index (Phi) is 3.36. The Labute approximate surface area is 101 Å². The van der Waals surface area contributed by atoms with Gasteiger partial charge in [-0.15, -0.1) is 0 Å². The van der Waals surface area contributed by atoms with Gasteiger partial charge in [0.05, 0.1) is 6.61 Å². The lowest BCUT2D eigenvalue weighted by atomic mass is 10.1. The van der Waals surface area contributed by atoms with Crippen LogP contribution in [0.25, 0.3) is 0 Å². The standard InChI is InChI=1S/C14H18F2O/c1-10(2)6-7-17-13-5-3-4-11-8-14(15,16)9-12(11)13/h3-5,10H,6-9H2,1-2H3. The fraction of sp³-hybridized carbons (Fsp3) is 0.571. The third-order valence-electron chi connectivity index (χ3n) is 3.07. The number of halogens is 2. The summed E-state index contributed by atoms with van der Waals surface area (Å²) in [4.78, 5) is 0. The lowest BCUT2D eigenvalue weighted by molar-refractivity contribution is 0.0127. The van der Waals surface area contributed by atoms with Crippen molar-refractivity contribution in [3.8, 4) is 5.75 Å². The summed E-state index contributed by atoms with van der Waals surface area (Å²) in [5.74, 6) is -1.40. The lowest BCUT2D eigenvalue weighted by Crippen LogP contribution is -2.14. The predicted octanol–water partition coefficient (Wildman–Crippen LogP) is 3.85. The number of benzene rings is 1. The first-order valence-electron chi connectivity index (χ1n) is 6.09. The average Bonchev–Trinajstić information content (AvgIpc) is 2.52. The summed E-state index contributed by atoms with van der Waals surface area (Å²) in [5, 5.41) is 0. The Morgan fingerprint density at radius 1 is 1.29 bits per heavy atom. The smallest absolute Gasteiger partial charge is 0.256 e. The van der Waals surface area contributed by atoms with Crippen molar-refractivity contribution in [2.75, 3.05) is 6.61 Å². The van der Waals surface area contributed by atoms with Gasteiger partial charge in [0.15, 0.2) is 0 Å². The molecule has 0 fully saturated rings. The van der Waals surface area contributed by atoms with Crippen molar-refractivity contribution in [1.29, 1.82) is 0 Å². The van der Waals surface area contributed by atoms with E-state index in [1.165, 1.54) is 0 Å². The summed E-state index contributed by atoms with van der Waals surface area (Å²) in [6, 6.07) is 5.36. The van der Waals surface area contributed by atoms with Crippen LogP contribution < -0.4 is 4.74 Å². The lowest BCUT2D eigenvalue weighted by Gasteiger charge is -2.11. The summed E-state index contributed by atoms with van der Waals surface area (Å²) in [5.41, 5.74) is 1.43. The molecule has 0 N–H and O–H groups in total. The third kappa shape index (κ3) is 2.96. The quantitative estimate of drug-likeness (QED) is 0.776. The monoisotopic (exact) mass is 240 g/mol. The van der Waals surface area contributed by atoms with E-state index in [0.29, 0.717) is 23.8 Å². The molecule has 0 aliphatic heterocycles. The van der Waals surface area contributed by atoms with Crippen LogP contribution in [0.4, 0.5) is 8.78 Å². The van der Waals surface area contributed by atoms with Crippen LogP contribution in [0.3, 0.4) is 0 Å². The molecule has 3 heteroatoms. The van der Waals surface area contributed by atoms with E-state index in [9.17, 15) is 8.78 Å². The molecule has 0 atom stereocenters. The van der Waals surface area contributed by atoms with Gasteiger partial charge in [0.1, 0.15) is 5.75 Å². The Morgan fingerprint density at radius 3 is 2.76 bits per heavy atom. The molecule has 17 heavy (non-hydrogen) atoms. The Balaban J connectivity index is 2.08. The molecule has 2 rings (SSSR count). The highest BCUT2D eigenvalue weighted by Gasteiger charge is 2.38. The Bertz CT molecular complexity index is 399. The minimum atomic E-state index is -2.60. The highest BCUT2D eigenvalue weighted by atomic mass is 19.3. The molecule has 1 aliphatic carbocycles. The van der Waals surface area contributed by atoms with Crippen molar-refractivity contribution in [2.45, 2.75) is 39.0 Å². The van der Waals surface area contributed by atoms with Crippen molar-refractivity contribution in [1.82, 2.24) is 0 Å². The van der Waals surface area contributed by atoms with Crippen molar-refractivity contribution in [3.63, 3.8) is 0 Å². The molecule has 0 saturated heterocycles. The molecule has 0 heterocycles. The molecule has 0 radical (unpaired) electrons. The summed E-state index contributed by atoms with van der Waals surface area (Å²) in [6.45, 7) is 4.83. The molecule has 0 aromatic heterocycles. The molecule has 0 bridgehead atoms. The molecule has 0 amide bonds. The van der Waals surface area contributed by atoms with Crippen molar-refractivity contribution >= 4 is 0 Å². The van der Waals surface area contributed by atoms with Gasteiger partial charge in [-0.2, -0.15) is 0 Å². The number of hydrogen-bond donors (Lipinski definition) is 0. The van der Waals surface area contributed by atoms with Gasteiger partial charge in [-0.25, -0.2) is 8.78 Å². The zero-order valence-electron chi connectivity index (χ0n) is 10.3. The molecule has 1 aliphatic rings. The van der Waals surface area contributed by atoms with E-state index in [0.717, 1.165) is 12.0 Å². The highest BCUT2D eigenvalue weighted by Crippen LogP contribution is 2.39. The van der Waals surface area contributed by atoms with E-state index in [2.05, 4.69) is 13.8 Å². The second-order valence-corrected chi connectivity index (χ2v) is 5.13. The van der Waals surface area contributed by atoms with E-state index < -0.39 is 5.92 Å². The highest BCUT2D eigenvalue weighted by molar-refractivity contribution is 5.45. The number of hydrogen-bond acceptors (Lipinski definition) is 1. The van der Waals surface area contributed by atoms with Crippen LogP contribution in [0.15, 0.2) is 18.2 Å². The molecular weight excluding hydrogens is 222 g/mol. The van der Waals surface area contributed by atoms with Gasteiger partial charge in [-0.3, -0.25) is 0 Å². The van der Waals surface area contributed by atoms with Gasteiger partial charge in [-0.05, 0) is 24.0 Å². The van der Waals surface area contributed by atoms with Gasteiger partial charge in [0, 0.05) is 18.4 Å². The van der Waals surface area contributed by atoms with Crippen molar-refractivity contribution < 1.29 is 13.5 Å². The first kappa shape index (κ1) is 12.3. The average molecular weight is 240 g/mol. The van der Waals surface area contributed by atoms with Crippen LogP contribution in [-0.4, -0.2) is 12.5 Å². The van der Waals surface area contributed by atoms with Gasteiger partial charge >= 0.3 is 0 Å². The molecule has 1 nitrogen and oxygen atoms in total. The Morgan fingerprint density at radius 2 is 2.06 bits per heavy atom. The predicted molar refractivity (Wildman–Crippen MR) is 63.7 cm³/mol. The van der Waals surface area contributed by atoms with Crippen LogP contribution >= 0.6 is 0 Å². The van der Waals surface area contributed by atoms with E-state index in [-0.39, 0.29) is 12.8 Å². The largest absolute Gasteiger partial charge is 0.493 e. The second-order valence-electron chi connectivity index (χ2n) is 5.13. The molecule has 94 valence electrons. The van der Waals surface area contributed by atoms with E-state index >= 15 is 0 Å². The second kappa shape index (κ2) is 4.63. The van der Waals surface area contributed by atoms with Crippen LogP contribution in [-0.2, 0) is 12.8 Å². The summed E-state index contributed by atoms with van der Waals surface area (Å²) < 4.78 is 32.2. The van der Waals surface area contributed by atoms with E-state index in [1.54, 1.807) is 18.2 Å². The van der Waals surface area contributed by atoms with Gasteiger partial charge < -0.3 is 4.74 Å². The summed E-state index contributed by atoms with van der Waals surface area (Å²) in [7, 11) is 0. The van der Waals surface area contributed by atoms with Crippen LogP contribution in [0.1, 0.15) is 31.4 Å². The first-order valence-corrected chi connectivity index (χ1v) is 6.09. The topological polar surface area (TPSA) is 9.23 Å². The minimum Gasteiger partial charge on any atom is -0.493 e. The zero-order chi connectivity index (χ0) is 12.5. The molecular formula is C14H18F2O. The number of ether oxygens (including phenoxy) is 1. The fourth-order valence-electron chi connectivity index (χ4n) is 2.12. The van der Waals surface area contributed by atoms with Gasteiger partial charge in [0.25, 0.3) is 5.92 Å². The normalized spacial score (nSPS) is 17.2. The minimum absolute atomic E-state index is 0.149. The first-order chi connectivity index (χ1) is 7.98. The maximum atomic E-state index is 13.3. The van der Waals surface area contributed by atoms with E-state index in [1.807, 2.05) is 0 Å².